The van der Waals surface area contributed by atoms with E-state index in [9.17, 15) is 4.79 Å². The second-order valence-electron chi connectivity index (χ2n) is 3.06. The molecule has 72 valence electrons. The predicted molar refractivity (Wildman–Crippen MR) is 58.5 cm³/mol. The maximum Gasteiger partial charge on any atom is 0.159 e. The lowest BCUT2D eigenvalue weighted by atomic mass is 10.0. The highest BCUT2D eigenvalue weighted by Crippen LogP contribution is 2.17. The van der Waals surface area contributed by atoms with E-state index in [1.165, 1.54) is 0 Å². The van der Waals surface area contributed by atoms with Crippen LogP contribution in [-0.2, 0) is 6.42 Å². The van der Waals surface area contributed by atoms with Gasteiger partial charge in [-0.05, 0) is 30.7 Å². The quantitative estimate of drug-likeness (QED) is 0.580. The fourth-order valence-electron chi connectivity index (χ4n) is 1.31. The Morgan fingerprint density at radius 2 is 2.29 bits per heavy atom. The van der Waals surface area contributed by atoms with E-state index in [0.29, 0.717) is 12.0 Å². The van der Waals surface area contributed by atoms with E-state index < -0.39 is 0 Å². The Morgan fingerprint density at radius 1 is 1.57 bits per heavy atom. The van der Waals surface area contributed by atoms with Crippen LogP contribution in [0.1, 0.15) is 22.8 Å². The average Bonchev–Trinajstić information content (AvgIpc) is 2.18. The summed E-state index contributed by atoms with van der Waals surface area (Å²) in [6, 6.07) is 5.52. The van der Waals surface area contributed by atoms with Crippen molar-refractivity contribution >= 4 is 11.5 Å². The Bertz CT molecular complexity index is 388. The molecule has 0 atom stereocenters. The van der Waals surface area contributed by atoms with Crippen LogP contribution in [0.15, 0.2) is 18.2 Å². The Kier molecular flexibility index (Phi) is 3.30. The highest BCUT2D eigenvalue weighted by Gasteiger charge is 2.04. The SMILES string of the molecule is C#CCc1cc(C(C)=O)ccc1NC. The average molecular weight is 187 g/mol. The van der Waals surface area contributed by atoms with Gasteiger partial charge in [-0.15, -0.1) is 12.3 Å². The standard InChI is InChI=1S/C12H13NO/c1-4-5-11-8-10(9(2)14)6-7-12(11)13-3/h1,6-8,13H,5H2,2-3H3. The van der Waals surface area contributed by atoms with Crippen LogP contribution in [0.3, 0.4) is 0 Å². The summed E-state index contributed by atoms with van der Waals surface area (Å²) >= 11 is 0. The number of terminal acetylenes is 1. The van der Waals surface area contributed by atoms with Crippen molar-refractivity contribution in [3.63, 3.8) is 0 Å². The first-order valence-corrected chi connectivity index (χ1v) is 4.44. The zero-order valence-electron chi connectivity index (χ0n) is 8.42. The minimum absolute atomic E-state index is 0.0610. The van der Waals surface area contributed by atoms with E-state index in [0.717, 1.165) is 11.3 Å². The lowest BCUT2D eigenvalue weighted by molar-refractivity contribution is 0.101. The fourth-order valence-corrected chi connectivity index (χ4v) is 1.31. The molecule has 0 saturated heterocycles. The van der Waals surface area contributed by atoms with Crippen LogP contribution in [0, 0.1) is 12.3 Å². The molecule has 14 heavy (non-hydrogen) atoms. The molecule has 0 aliphatic rings. The van der Waals surface area contributed by atoms with Gasteiger partial charge < -0.3 is 5.32 Å². The molecule has 0 radical (unpaired) electrons. The predicted octanol–water partition coefficient (Wildman–Crippen LogP) is 2.11. The van der Waals surface area contributed by atoms with Gasteiger partial charge in [-0.1, -0.05) is 0 Å². The second-order valence-corrected chi connectivity index (χ2v) is 3.06. The third kappa shape index (κ3) is 2.14. The number of rotatable bonds is 3. The van der Waals surface area contributed by atoms with E-state index in [4.69, 9.17) is 6.42 Å². The van der Waals surface area contributed by atoms with Gasteiger partial charge in [0.1, 0.15) is 0 Å². The van der Waals surface area contributed by atoms with Gasteiger partial charge in [0.15, 0.2) is 5.78 Å². The molecule has 2 nitrogen and oxygen atoms in total. The van der Waals surface area contributed by atoms with Gasteiger partial charge >= 0.3 is 0 Å². The minimum Gasteiger partial charge on any atom is -0.388 e. The molecule has 0 fully saturated rings. The van der Waals surface area contributed by atoms with Gasteiger partial charge in [0.2, 0.25) is 0 Å². The van der Waals surface area contributed by atoms with Gasteiger partial charge in [0.25, 0.3) is 0 Å². The molecule has 0 amide bonds. The molecule has 1 rings (SSSR count). The van der Waals surface area contributed by atoms with Gasteiger partial charge in [-0.2, -0.15) is 0 Å². The minimum atomic E-state index is 0.0610. The van der Waals surface area contributed by atoms with Crippen LogP contribution in [0.5, 0.6) is 0 Å². The van der Waals surface area contributed by atoms with Crippen LogP contribution in [0.25, 0.3) is 0 Å². The van der Waals surface area contributed by atoms with Crippen molar-refractivity contribution in [2.45, 2.75) is 13.3 Å². The monoisotopic (exact) mass is 187 g/mol. The summed E-state index contributed by atoms with van der Waals surface area (Å²) in [5.74, 6) is 2.63. The van der Waals surface area contributed by atoms with Crippen molar-refractivity contribution < 1.29 is 4.79 Å². The van der Waals surface area contributed by atoms with E-state index in [1.54, 1.807) is 13.0 Å². The molecule has 1 aromatic carbocycles. The van der Waals surface area contributed by atoms with Crippen LogP contribution < -0.4 is 5.32 Å². The first-order valence-electron chi connectivity index (χ1n) is 4.44. The highest BCUT2D eigenvalue weighted by molar-refractivity contribution is 5.94. The zero-order valence-corrected chi connectivity index (χ0v) is 8.42. The maximum atomic E-state index is 11.1. The van der Waals surface area contributed by atoms with Crippen molar-refractivity contribution in [1.29, 1.82) is 0 Å². The first-order chi connectivity index (χ1) is 6.69. The first kappa shape index (κ1) is 10.3. The maximum absolute atomic E-state index is 11.1. The molecule has 0 unspecified atom stereocenters. The summed E-state index contributed by atoms with van der Waals surface area (Å²) in [7, 11) is 1.84. The Labute approximate surface area is 84.3 Å². The number of Topliss-reactive ketones (excluding diaryl/α,β-unsaturated/α-hetero) is 1. The van der Waals surface area contributed by atoms with Crippen molar-refractivity contribution in [2.24, 2.45) is 0 Å². The number of nitrogens with one attached hydrogen (secondary N) is 1. The molecule has 0 heterocycles. The van der Waals surface area contributed by atoms with Crippen molar-refractivity contribution in [1.82, 2.24) is 0 Å². The third-order valence-corrected chi connectivity index (χ3v) is 2.07. The third-order valence-electron chi connectivity index (χ3n) is 2.07. The molecular weight excluding hydrogens is 174 g/mol. The summed E-state index contributed by atoms with van der Waals surface area (Å²) in [4.78, 5) is 11.1. The van der Waals surface area contributed by atoms with Crippen LogP contribution >= 0.6 is 0 Å². The molecule has 0 saturated carbocycles. The molecule has 0 aromatic heterocycles. The number of hydrogen-bond donors (Lipinski definition) is 1. The summed E-state index contributed by atoms with van der Waals surface area (Å²) < 4.78 is 0. The van der Waals surface area contributed by atoms with Gasteiger partial charge in [-0.25, -0.2) is 0 Å². The number of carbonyl (C=O) groups is 1. The number of ketones is 1. The molecule has 0 aliphatic heterocycles. The Balaban J connectivity index is 3.15. The van der Waals surface area contributed by atoms with Crippen LogP contribution in [0.4, 0.5) is 5.69 Å². The number of benzene rings is 1. The normalized spacial score (nSPS) is 9.21. The van der Waals surface area contributed by atoms with Crippen molar-refractivity contribution in [2.75, 3.05) is 12.4 Å². The van der Waals surface area contributed by atoms with Crippen LogP contribution in [0.2, 0.25) is 0 Å². The van der Waals surface area contributed by atoms with E-state index in [1.807, 2.05) is 19.2 Å². The van der Waals surface area contributed by atoms with E-state index >= 15 is 0 Å². The summed E-state index contributed by atoms with van der Waals surface area (Å²) in [6.45, 7) is 1.55. The van der Waals surface area contributed by atoms with Crippen LogP contribution in [-0.4, -0.2) is 12.8 Å². The topological polar surface area (TPSA) is 29.1 Å². The second kappa shape index (κ2) is 4.48. The molecule has 0 spiro atoms. The number of hydrogen-bond acceptors (Lipinski definition) is 2. The summed E-state index contributed by atoms with van der Waals surface area (Å²) in [6.07, 6.45) is 5.79. The molecule has 2 heteroatoms. The van der Waals surface area contributed by atoms with Gasteiger partial charge in [0, 0.05) is 24.7 Å². The fraction of sp³-hybridized carbons (Fsp3) is 0.250. The number of carbonyl (C=O) groups excluding carboxylic acids is 1. The van der Waals surface area contributed by atoms with E-state index in [-0.39, 0.29) is 5.78 Å². The lowest BCUT2D eigenvalue weighted by Crippen LogP contribution is -1.99. The molecule has 1 N–H and O–H groups in total. The Hall–Kier alpha value is -1.75. The lowest BCUT2D eigenvalue weighted by Gasteiger charge is -2.07. The largest absolute Gasteiger partial charge is 0.388 e. The highest BCUT2D eigenvalue weighted by atomic mass is 16.1. The molecule has 0 bridgehead atoms. The van der Waals surface area contributed by atoms with Crippen molar-refractivity contribution in [3.8, 4) is 12.3 Å². The molecule has 1 aromatic rings. The summed E-state index contributed by atoms with van der Waals surface area (Å²) in [5.41, 5.74) is 2.67. The summed E-state index contributed by atoms with van der Waals surface area (Å²) in [5, 5.41) is 3.04. The zero-order chi connectivity index (χ0) is 10.6. The van der Waals surface area contributed by atoms with Crippen molar-refractivity contribution in [3.05, 3.63) is 29.3 Å². The molecular formula is C12H13NO. The van der Waals surface area contributed by atoms with Gasteiger partial charge in [0.05, 0.1) is 0 Å². The molecule has 0 aliphatic carbocycles. The number of anilines is 1. The Morgan fingerprint density at radius 3 is 2.79 bits per heavy atom. The smallest absolute Gasteiger partial charge is 0.159 e. The van der Waals surface area contributed by atoms with E-state index in [2.05, 4.69) is 11.2 Å². The van der Waals surface area contributed by atoms with Gasteiger partial charge in [-0.3, -0.25) is 4.79 Å².